The Hall–Kier alpha value is 0.250. The highest BCUT2D eigenvalue weighted by molar-refractivity contribution is 5.85. The van der Waals surface area contributed by atoms with Gasteiger partial charge in [0.15, 0.2) is 0 Å². The van der Waals surface area contributed by atoms with E-state index in [0.717, 1.165) is 23.7 Å². The van der Waals surface area contributed by atoms with Crippen LogP contribution in [0.1, 0.15) is 32.1 Å². The Morgan fingerprint density at radius 3 is 2.50 bits per heavy atom. The standard InChI is InChI=1S/C10H17N.ClH/c11-10-5-6-4-9(10)8-3-1-2-7(6)8;/h6-10H,1-5,11H2;1H. The Morgan fingerprint density at radius 2 is 1.67 bits per heavy atom. The van der Waals surface area contributed by atoms with Crippen molar-refractivity contribution in [1.29, 1.82) is 0 Å². The quantitative estimate of drug-likeness (QED) is 0.618. The molecule has 0 aliphatic heterocycles. The molecule has 3 aliphatic rings. The topological polar surface area (TPSA) is 26.0 Å². The minimum atomic E-state index is 0. The highest BCUT2D eigenvalue weighted by Crippen LogP contribution is 2.58. The van der Waals surface area contributed by atoms with E-state index < -0.39 is 0 Å². The molecule has 3 fully saturated rings. The number of halogens is 1. The van der Waals surface area contributed by atoms with Crippen LogP contribution in [0.3, 0.4) is 0 Å². The largest absolute Gasteiger partial charge is 0.327 e. The Kier molecular flexibility index (Phi) is 2.12. The molecule has 2 heteroatoms. The van der Waals surface area contributed by atoms with Gasteiger partial charge >= 0.3 is 0 Å². The zero-order valence-electron chi connectivity index (χ0n) is 7.41. The van der Waals surface area contributed by atoms with Crippen molar-refractivity contribution >= 4 is 12.4 Å². The lowest BCUT2D eigenvalue weighted by atomic mass is 9.79. The molecule has 0 aromatic heterocycles. The van der Waals surface area contributed by atoms with Crippen molar-refractivity contribution in [2.45, 2.75) is 38.1 Å². The summed E-state index contributed by atoms with van der Waals surface area (Å²) in [6, 6.07) is 0.583. The van der Waals surface area contributed by atoms with Crippen LogP contribution in [0.2, 0.25) is 0 Å². The van der Waals surface area contributed by atoms with Gasteiger partial charge in [-0.25, -0.2) is 0 Å². The van der Waals surface area contributed by atoms with Crippen LogP contribution in [-0.2, 0) is 0 Å². The average Bonchev–Trinajstić information content (AvgIpc) is 2.52. The zero-order chi connectivity index (χ0) is 7.42. The summed E-state index contributed by atoms with van der Waals surface area (Å²) in [5.74, 6) is 4.15. The van der Waals surface area contributed by atoms with Gasteiger partial charge in [0.05, 0.1) is 0 Å². The van der Waals surface area contributed by atoms with E-state index in [4.69, 9.17) is 5.73 Å². The molecule has 0 heterocycles. The molecule has 2 bridgehead atoms. The van der Waals surface area contributed by atoms with Crippen LogP contribution in [-0.4, -0.2) is 6.04 Å². The van der Waals surface area contributed by atoms with Gasteiger partial charge in [-0.3, -0.25) is 0 Å². The highest BCUT2D eigenvalue weighted by Gasteiger charge is 2.52. The highest BCUT2D eigenvalue weighted by atomic mass is 35.5. The maximum atomic E-state index is 6.08. The first-order valence-corrected chi connectivity index (χ1v) is 5.12. The normalized spacial score (nSPS) is 55.2. The lowest BCUT2D eigenvalue weighted by Gasteiger charge is -2.28. The van der Waals surface area contributed by atoms with Gasteiger partial charge in [0.25, 0.3) is 0 Å². The van der Waals surface area contributed by atoms with Gasteiger partial charge in [0.1, 0.15) is 0 Å². The first-order valence-electron chi connectivity index (χ1n) is 5.12. The summed E-state index contributed by atoms with van der Waals surface area (Å²) >= 11 is 0. The lowest BCUT2D eigenvalue weighted by Crippen LogP contribution is -2.34. The predicted octanol–water partition coefficient (Wildman–Crippen LogP) is 2.19. The van der Waals surface area contributed by atoms with E-state index in [0.29, 0.717) is 6.04 Å². The summed E-state index contributed by atoms with van der Waals surface area (Å²) < 4.78 is 0. The first-order chi connectivity index (χ1) is 5.36. The lowest BCUT2D eigenvalue weighted by molar-refractivity contribution is 0.234. The van der Waals surface area contributed by atoms with Gasteiger partial charge < -0.3 is 5.73 Å². The van der Waals surface area contributed by atoms with Crippen LogP contribution < -0.4 is 5.73 Å². The minimum Gasteiger partial charge on any atom is -0.327 e. The van der Waals surface area contributed by atoms with Crippen molar-refractivity contribution < 1.29 is 0 Å². The molecule has 0 aromatic rings. The molecule has 0 spiro atoms. The van der Waals surface area contributed by atoms with Gasteiger partial charge in [-0.15, -0.1) is 12.4 Å². The van der Waals surface area contributed by atoms with Crippen LogP contribution in [0.15, 0.2) is 0 Å². The maximum absolute atomic E-state index is 6.08. The maximum Gasteiger partial charge on any atom is 0.00727 e. The molecule has 3 rings (SSSR count). The molecule has 12 heavy (non-hydrogen) atoms. The van der Waals surface area contributed by atoms with Crippen molar-refractivity contribution in [3.05, 3.63) is 0 Å². The summed E-state index contributed by atoms with van der Waals surface area (Å²) in [5, 5.41) is 0. The van der Waals surface area contributed by atoms with Crippen LogP contribution in [0.5, 0.6) is 0 Å². The second-order valence-electron chi connectivity index (χ2n) is 4.82. The number of rotatable bonds is 0. The Balaban J connectivity index is 0.000000563. The van der Waals surface area contributed by atoms with Crippen molar-refractivity contribution in [3.63, 3.8) is 0 Å². The fraction of sp³-hybridized carbons (Fsp3) is 1.00. The van der Waals surface area contributed by atoms with Crippen LogP contribution >= 0.6 is 12.4 Å². The third kappa shape index (κ3) is 0.958. The SMILES string of the molecule is Cl.NC1CC2CC1C1CCCC21. The number of hydrogen-bond donors (Lipinski definition) is 1. The third-order valence-electron chi connectivity index (χ3n) is 4.48. The molecule has 3 aliphatic carbocycles. The van der Waals surface area contributed by atoms with Gasteiger partial charge in [0.2, 0.25) is 0 Å². The zero-order valence-corrected chi connectivity index (χ0v) is 8.22. The number of nitrogens with two attached hydrogens (primary N) is 1. The van der Waals surface area contributed by atoms with Crippen molar-refractivity contribution in [2.75, 3.05) is 0 Å². The van der Waals surface area contributed by atoms with Gasteiger partial charge in [-0.05, 0) is 49.4 Å². The first kappa shape index (κ1) is 8.83. The number of fused-ring (bicyclic) bond motifs is 5. The molecule has 0 amide bonds. The van der Waals surface area contributed by atoms with E-state index >= 15 is 0 Å². The molecule has 2 N–H and O–H groups in total. The van der Waals surface area contributed by atoms with Crippen LogP contribution in [0.25, 0.3) is 0 Å². The van der Waals surface area contributed by atoms with Gasteiger partial charge in [0, 0.05) is 6.04 Å². The van der Waals surface area contributed by atoms with Crippen molar-refractivity contribution in [3.8, 4) is 0 Å². The fourth-order valence-corrected chi connectivity index (χ4v) is 4.12. The molecule has 5 atom stereocenters. The second kappa shape index (κ2) is 2.88. The minimum absolute atomic E-state index is 0. The monoisotopic (exact) mass is 187 g/mol. The molecular weight excluding hydrogens is 170 g/mol. The Labute approximate surface area is 80.5 Å². The van der Waals surface area contributed by atoms with E-state index in [2.05, 4.69) is 0 Å². The Morgan fingerprint density at radius 1 is 0.917 bits per heavy atom. The van der Waals surface area contributed by atoms with Crippen molar-refractivity contribution in [2.24, 2.45) is 29.4 Å². The number of hydrogen-bond acceptors (Lipinski definition) is 1. The van der Waals surface area contributed by atoms with E-state index in [1.807, 2.05) is 0 Å². The summed E-state index contributed by atoms with van der Waals surface area (Å²) in [5.41, 5.74) is 6.08. The molecule has 70 valence electrons. The molecule has 0 aromatic carbocycles. The smallest absolute Gasteiger partial charge is 0.00727 e. The summed E-state index contributed by atoms with van der Waals surface area (Å²) in [6.07, 6.45) is 7.36. The molecule has 5 unspecified atom stereocenters. The second-order valence-corrected chi connectivity index (χ2v) is 4.82. The third-order valence-corrected chi connectivity index (χ3v) is 4.48. The Bertz CT molecular complexity index is 183. The van der Waals surface area contributed by atoms with Gasteiger partial charge in [-0.2, -0.15) is 0 Å². The van der Waals surface area contributed by atoms with E-state index in [1.165, 1.54) is 32.1 Å². The van der Waals surface area contributed by atoms with Gasteiger partial charge in [-0.1, -0.05) is 6.42 Å². The molecule has 3 saturated carbocycles. The summed E-state index contributed by atoms with van der Waals surface area (Å²) in [7, 11) is 0. The van der Waals surface area contributed by atoms with E-state index in [9.17, 15) is 0 Å². The van der Waals surface area contributed by atoms with E-state index in [-0.39, 0.29) is 12.4 Å². The predicted molar refractivity (Wildman–Crippen MR) is 52.3 cm³/mol. The molecule has 0 radical (unpaired) electrons. The molecular formula is C10H18ClN. The van der Waals surface area contributed by atoms with Crippen LogP contribution in [0, 0.1) is 23.7 Å². The van der Waals surface area contributed by atoms with Crippen molar-refractivity contribution in [1.82, 2.24) is 0 Å². The fourth-order valence-electron chi connectivity index (χ4n) is 4.12. The summed E-state index contributed by atoms with van der Waals surface area (Å²) in [4.78, 5) is 0. The molecule has 1 nitrogen and oxygen atoms in total. The summed E-state index contributed by atoms with van der Waals surface area (Å²) in [6.45, 7) is 0. The van der Waals surface area contributed by atoms with Crippen LogP contribution in [0.4, 0.5) is 0 Å². The average molecular weight is 188 g/mol. The molecule has 0 saturated heterocycles. The van der Waals surface area contributed by atoms with E-state index in [1.54, 1.807) is 0 Å².